The van der Waals surface area contributed by atoms with Crippen LogP contribution < -0.4 is 4.74 Å². The average Bonchev–Trinajstić information content (AvgIpc) is 2.50. The van der Waals surface area contributed by atoms with Crippen LogP contribution in [0.4, 0.5) is 0 Å². The van der Waals surface area contributed by atoms with E-state index in [0.717, 1.165) is 36.3 Å². The van der Waals surface area contributed by atoms with Gasteiger partial charge in [0.05, 0.1) is 6.61 Å². The summed E-state index contributed by atoms with van der Waals surface area (Å²) >= 11 is 0. The molecular weight excluding hydrogens is 248 g/mol. The third-order valence-corrected chi connectivity index (χ3v) is 3.46. The maximum absolute atomic E-state index is 9.64. The summed E-state index contributed by atoms with van der Waals surface area (Å²) in [5.41, 5.74) is 1.09. The Morgan fingerprint density at radius 2 is 1.70 bits per heavy atom. The van der Waals surface area contributed by atoms with Crippen LogP contribution >= 0.6 is 0 Å². The molecule has 1 N–H and O–H groups in total. The summed E-state index contributed by atoms with van der Waals surface area (Å²) in [5, 5.41) is 9.64. The molecule has 1 unspecified atom stereocenters. The number of benzene rings is 2. The van der Waals surface area contributed by atoms with Crippen molar-refractivity contribution in [2.24, 2.45) is 0 Å². The third-order valence-electron chi connectivity index (χ3n) is 3.46. The summed E-state index contributed by atoms with van der Waals surface area (Å²) in [6.07, 6.45) is 3.24. The van der Waals surface area contributed by atoms with E-state index in [1.807, 2.05) is 48.5 Å². The Bertz CT molecular complexity index is 508. The molecule has 20 heavy (non-hydrogen) atoms. The number of hydrogen-bond acceptors (Lipinski definition) is 2. The molecule has 0 radical (unpaired) electrons. The number of rotatable bonds is 7. The number of aliphatic hydroxyl groups is 1. The van der Waals surface area contributed by atoms with Gasteiger partial charge < -0.3 is 9.84 Å². The van der Waals surface area contributed by atoms with E-state index in [1.54, 1.807) is 0 Å². The standard InChI is InChI=1S/C18H22O2/c1-2-3-9-15(14-19)17-12-7-8-13-18(17)20-16-10-5-4-6-11-16/h4-8,10-13,15,19H,2-3,9,14H2,1H3. The van der Waals surface area contributed by atoms with E-state index >= 15 is 0 Å². The van der Waals surface area contributed by atoms with Gasteiger partial charge in [0.2, 0.25) is 0 Å². The molecular formula is C18H22O2. The van der Waals surface area contributed by atoms with Crippen LogP contribution in [-0.2, 0) is 0 Å². The van der Waals surface area contributed by atoms with Crippen molar-refractivity contribution in [1.82, 2.24) is 0 Å². The summed E-state index contributed by atoms with van der Waals surface area (Å²) in [7, 11) is 0. The Balaban J connectivity index is 2.20. The molecule has 0 saturated carbocycles. The number of para-hydroxylation sites is 2. The summed E-state index contributed by atoms with van der Waals surface area (Å²) in [5.74, 6) is 1.82. The van der Waals surface area contributed by atoms with Crippen molar-refractivity contribution in [3.63, 3.8) is 0 Å². The molecule has 2 aromatic carbocycles. The lowest BCUT2D eigenvalue weighted by atomic mass is 9.93. The van der Waals surface area contributed by atoms with Crippen LogP contribution in [0.1, 0.15) is 37.7 Å². The van der Waals surface area contributed by atoms with Crippen LogP contribution in [0.2, 0.25) is 0 Å². The van der Waals surface area contributed by atoms with Gasteiger partial charge in [-0.05, 0) is 24.6 Å². The minimum Gasteiger partial charge on any atom is -0.457 e. The van der Waals surface area contributed by atoms with E-state index in [4.69, 9.17) is 4.74 Å². The first-order valence-electron chi connectivity index (χ1n) is 7.27. The maximum atomic E-state index is 9.64. The fraction of sp³-hybridized carbons (Fsp3) is 0.333. The SMILES string of the molecule is CCCCC(CO)c1ccccc1Oc1ccccc1. The maximum Gasteiger partial charge on any atom is 0.130 e. The Hall–Kier alpha value is -1.80. The predicted octanol–water partition coefficient (Wildman–Crippen LogP) is 4.75. The van der Waals surface area contributed by atoms with Gasteiger partial charge >= 0.3 is 0 Å². The van der Waals surface area contributed by atoms with Gasteiger partial charge in [0, 0.05) is 11.5 Å². The largest absolute Gasteiger partial charge is 0.457 e. The van der Waals surface area contributed by atoms with Crippen LogP contribution in [0.5, 0.6) is 11.5 Å². The van der Waals surface area contributed by atoms with Crippen LogP contribution in [0.3, 0.4) is 0 Å². The minimum atomic E-state index is 0.148. The summed E-state index contributed by atoms with van der Waals surface area (Å²) in [4.78, 5) is 0. The Morgan fingerprint density at radius 1 is 1.00 bits per heavy atom. The third kappa shape index (κ3) is 3.84. The van der Waals surface area contributed by atoms with Gasteiger partial charge in [0.15, 0.2) is 0 Å². The number of unbranched alkanes of at least 4 members (excludes halogenated alkanes) is 1. The average molecular weight is 270 g/mol. The second-order valence-electron chi connectivity index (χ2n) is 4.97. The smallest absolute Gasteiger partial charge is 0.130 e. The molecule has 0 aliphatic heterocycles. The second-order valence-corrected chi connectivity index (χ2v) is 4.97. The quantitative estimate of drug-likeness (QED) is 0.787. The van der Waals surface area contributed by atoms with Crippen molar-refractivity contribution < 1.29 is 9.84 Å². The van der Waals surface area contributed by atoms with Gasteiger partial charge in [0.25, 0.3) is 0 Å². The van der Waals surface area contributed by atoms with Crippen molar-refractivity contribution in [2.75, 3.05) is 6.61 Å². The Kier molecular flexibility index (Phi) is 5.63. The predicted molar refractivity (Wildman–Crippen MR) is 82.3 cm³/mol. The monoisotopic (exact) mass is 270 g/mol. The lowest BCUT2D eigenvalue weighted by Crippen LogP contribution is -2.06. The van der Waals surface area contributed by atoms with Gasteiger partial charge in [-0.25, -0.2) is 0 Å². The lowest BCUT2D eigenvalue weighted by molar-refractivity contribution is 0.255. The molecule has 0 aliphatic rings. The summed E-state index contributed by atoms with van der Waals surface area (Å²) < 4.78 is 5.96. The van der Waals surface area contributed by atoms with E-state index < -0.39 is 0 Å². The van der Waals surface area contributed by atoms with Crippen molar-refractivity contribution in [3.05, 3.63) is 60.2 Å². The molecule has 0 saturated heterocycles. The number of ether oxygens (including phenoxy) is 1. The summed E-state index contributed by atoms with van der Waals surface area (Å²) in [6, 6.07) is 17.8. The number of hydrogen-bond donors (Lipinski definition) is 1. The van der Waals surface area contributed by atoms with E-state index in [1.165, 1.54) is 0 Å². The van der Waals surface area contributed by atoms with Gasteiger partial charge in [-0.2, -0.15) is 0 Å². The van der Waals surface area contributed by atoms with Crippen molar-refractivity contribution >= 4 is 0 Å². The first-order chi connectivity index (χ1) is 9.85. The highest BCUT2D eigenvalue weighted by atomic mass is 16.5. The molecule has 106 valence electrons. The van der Waals surface area contributed by atoms with E-state index in [2.05, 4.69) is 13.0 Å². The zero-order valence-corrected chi connectivity index (χ0v) is 12.0. The summed E-state index contributed by atoms with van der Waals surface area (Å²) in [6.45, 7) is 2.33. The first-order valence-corrected chi connectivity index (χ1v) is 7.27. The van der Waals surface area contributed by atoms with Gasteiger partial charge in [0.1, 0.15) is 11.5 Å². The highest BCUT2D eigenvalue weighted by Crippen LogP contribution is 2.32. The molecule has 2 heteroatoms. The molecule has 1 atom stereocenters. The molecule has 2 nitrogen and oxygen atoms in total. The molecule has 2 aromatic rings. The molecule has 0 heterocycles. The zero-order valence-electron chi connectivity index (χ0n) is 12.0. The topological polar surface area (TPSA) is 29.5 Å². The zero-order chi connectivity index (χ0) is 14.2. The number of aliphatic hydroxyl groups excluding tert-OH is 1. The van der Waals surface area contributed by atoms with E-state index in [9.17, 15) is 5.11 Å². The fourth-order valence-electron chi connectivity index (χ4n) is 2.32. The van der Waals surface area contributed by atoms with Crippen LogP contribution in [0, 0.1) is 0 Å². The molecule has 0 spiro atoms. The lowest BCUT2D eigenvalue weighted by Gasteiger charge is -2.18. The highest BCUT2D eigenvalue weighted by Gasteiger charge is 2.15. The van der Waals surface area contributed by atoms with Crippen LogP contribution in [0.25, 0.3) is 0 Å². The highest BCUT2D eigenvalue weighted by molar-refractivity contribution is 5.40. The molecule has 0 aromatic heterocycles. The minimum absolute atomic E-state index is 0.148. The van der Waals surface area contributed by atoms with Crippen molar-refractivity contribution in [2.45, 2.75) is 32.1 Å². The van der Waals surface area contributed by atoms with Gasteiger partial charge in [-0.1, -0.05) is 56.2 Å². The van der Waals surface area contributed by atoms with E-state index in [0.29, 0.717) is 0 Å². The fourth-order valence-corrected chi connectivity index (χ4v) is 2.32. The van der Waals surface area contributed by atoms with Gasteiger partial charge in [-0.3, -0.25) is 0 Å². The van der Waals surface area contributed by atoms with Crippen LogP contribution in [-0.4, -0.2) is 11.7 Å². The normalized spacial score (nSPS) is 12.1. The molecule has 2 rings (SSSR count). The van der Waals surface area contributed by atoms with Crippen LogP contribution in [0.15, 0.2) is 54.6 Å². The Morgan fingerprint density at radius 3 is 2.40 bits per heavy atom. The molecule has 0 amide bonds. The molecule has 0 aliphatic carbocycles. The van der Waals surface area contributed by atoms with Crippen molar-refractivity contribution in [1.29, 1.82) is 0 Å². The first kappa shape index (κ1) is 14.6. The van der Waals surface area contributed by atoms with E-state index in [-0.39, 0.29) is 12.5 Å². The second kappa shape index (κ2) is 7.71. The molecule has 0 bridgehead atoms. The Labute approximate surface area is 121 Å². The molecule has 0 fully saturated rings. The van der Waals surface area contributed by atoms with Crippen molar-refractivity contribution in [3.8, 4) is 11.5 Å². The van der Waals surface area contributed by atoms with Gasteiger partial charge in [-0.15, -0.1) is 0 Å².